The molecule has 18 heavy (non-hydrogen) atoms. The molecule has 1 N–H and O–H groups in total. The van der Waals surface area contributed by atoms with Crippen molar-refractivity contribution in [1.29, 1.82) is 0 Å². The molecule has 0 atom stereocenters. The first-order chi connectivity index (χ1) is 8.32. The fraction of sp³-hybridized carbons (Fsp3) is 0.933. The lowest BCUT2D eigenvalue weighted by Crippen LogP contribution is -2.48. The summed E-state index contributed by atoms with van der Waals surface area (Å²) < 4.78 is 0. The summed E-state index contributed by atoms with van der Waals surface area (Å²) in [6.07, 6.45) is 4.82. The van der Waals surface area contributed by atoms with Crippen LogP contribution in [0.15, 0.2) is 0 Å². The highest BCUT2D eigenvalue weighted by Crippen LogP contribution is 2.37. The van der Waals surface area contributed by atoms with Crippen molar-refractivity contribution < 1.29 is 4.79 Å². The molecule has 0 unspecified atom stereocenters. The van der Waals surface area contributed by atoms with Crippen molar-refractivity contribution in [2.45, 2.75) is 65.8 Å². The maximum absolute atomic E-state index is 12.1. The van der Waals surface area contributed by atoms with Gasteiger partial charge in [-0.25, -0.2) is 0 Å². The zero-order chi connectivity index (χ0) is 13.8. The van der Waals surface area contributed by atoms with Gasteiger partial charge >= 0.3 is 0 Å². The van der Waals surface area contributed by atoms with Gasteiger partial charge in [-0.1, -0.05) is 26.7 Å². The Bertz CT molecular complexity index is 267. The summed E-state index contributed by atoms with van der Waals surface area (Å²) in [6, 6.07) is 0. The lowest BCUT2D eigenvalue weighted by molar-refractivity contribution is -0.133. The quantitative estimate of drug-likeness (QED) is 0.836. The predicted molar refractivity (Wildman–Crippen MR) is 76.6 cm³/mol. The van der Waals surface area contributed by atoms with Gasteiger partial charge in [0.2, 0.25) is 5.91 Å². The van der Waals surface area contributed by atoms with E-state index < -0.39 is 0 Å². The number of nitrogens with zero attached hydrogens (tertiary/aromatic N) is 1. The molecule has 106 valence electrons. The maximum Gasteiger partial charge on any atom is 0.236 e. The highest BCUT2D eigenvalue weighted by Gasteiger charge is 2.32. The number of hydrogen-bond acceptors (Lipinski definition) is 2. The first-order valence-corrected chi connectivity index (χ1v) is 7.35. The van der Waals surface area contributed by atoms with E-state index in [1.54, 1.807) is 0 Å². The van der Waals surface area contributed by atoms with Crippen molar-refractivity contribution in [2.75, 3.05) is 19.6 Å². The van der Waals surface area contributed by atoms with E-state index in [0.29, 0.717) is 12.0 Å². The van der Waals surface area contributed by atoms with Crippen LogP contribution in [0.5, 0.6) is 0 Å². The maximum atomic E-state index is 12.1. The molecular weight excluding hydrogens is 224 g/mol. The van der Waals surface area contributed by atoms with Crippen LogP contribution in [0.1, 0.15) is 60.3 Å². The average Bonchev–Trinajstić information content (AvgIpc) is 2.35. The first kappa shape index (κ1) is 15.5. The number of nitrogens with one attached hydrogen (secondary N) is 1. The monoisotopic (exact) mass is 254 g/mol. The van der Waals surface area contributed by atoms with Gasteiger partial charge in [0.1, 0.15) is 0 Å². The minimum Gasteiger partial charge on any atom is -0.342 e. The summed E-state index contributed by atoms with van der Waals surface area (Å²) in [5.41, 5.74) is 0.510. The van der Waals surface area contributed by atoms with Crippen molar-refractivity contribution in [3.8, 4) is 0 Å². The first-order valence-electron chi connectivity index (χ1n) is 7.35. The fourth-order valence-corrected chi connectivity index (χ4v) is 2.64. The zero-order valence-corrected chi connectivity index (χ0v) is 12.8. The van der Waals surface area contributed by atoms with Crippen molar-refractivity contribution in [1.82, 2.24) is 10.2 Å². The van der Waals surface area contributed by atoms with E-state index in [4.69, 9.17) is 0 Å². The van der Waals surface area contributed by atoms with Gasteiger partial charge in [-0.05, 0) is 39.0 Å². The third-order valence-corrected chi connectivity index (χ3v) is 4.45. The Labute approximate surface area is 112 Å². The molecule has 0 bridgehead atoms. The Kier molecular flexibility index (Phi) is 5.20. The van der Waals surface area contributed by atoms with Gasteiger partial charge in [-0.2, -0.15) is 0 Å². The fourth-order valence-electron chi connectivity index (χ4n) is 2.64. The van der Waals surface area contributed by atoms with Crippen molar-refractivity contribution in [3.63, 3.8) is 0 Å². The lowest BCUT2D eigenvalue weighted by Gasteiger charge is -2.41. The molecule has 0 aliphatic carbocycles. The van der Waals surface area contributed by atoms with E-state index in [9.17, 15) is 4.79 Å². The van der Waals surface area contributed by atoms with Crippen LogP contribution in [0.4, 0.5) is 0 Å². The van der Waals surface area contributed by atoms with Crippen LogP contribution in [0.3, 0.4) is 0 Å². The number of carbonyl (C=O) groups excluding carboxylic acids is 1. The molecule has 3 nitrogen and oxygen atoms in total. The zero-order valence-electron chi connectivity index (χ0n) is 12.8. The molecule has 1 saturated heterocycles. The van der Waals surface area contributed by atoms with Crippen molar-refractivity contribution >= 4 is 5.91 Å². The summed E-state index contributed by atoms with van der Waals surface area (Å²) in [7, 11) is 0. The largest absolute Gasteiger partial charge is 0.342 e. The van der Waals surface area contributed by atoms with Crippen LogP contribution in [0.2, 0.25) is 0 Å². The summed E-state index contributed by atoms with van der Waals surface area (Å²) in [4.78, 5) is 14.1. The molecule has 1 heterocycles. The molecule has 1 rings (SSSR count). The number of amides is 1. The summed E-state index contributed by atoms with van der Waals surface area (Å²) in [5, 5.41) is 3.28. The van der Waals surface area contributed by atoms with Crippen LogP contribution in [0, 0.1) is 5.41 Å². The van der Waals surface area contributed by atoms with Crippen LogP contribution in [-0.2, 0) is 4.79 Å². The normalized spacial score (nSPS) is 19.9. The molecule has 1 fully saturated rings. The van der Waals surface area contributed by atoms with Gasteiger partial charge in [0.05, 0.1) is 6.54 Å². The van der Waals surface area contributed by atoms with Crippen LogP contribution in [0.25, 0.3) is 0 Å². The van der Waals surface area contributed by atoms with Crippen molar-refractivity contribution in [3.05, 3.63) is 0 Å². The van der Waals surface area contributed by atoms with Crippen molar-refractivity contribution in [2.24, 2.45) is 5.41 Å². The highest BCUT2D eigenvalue weighted by molar-refractivity contribution is 5.78. The van der Waals surface area contributed by atoms with Gasteiger partial charge in [-0.3, -0.25) is 4.79 Å². The highest BCUT2D eigenvalue weighted by atomic mass is 16.2. The molecule has 1 aliphatic heterocycles. The molecule has 3 heteroatoms. The smallest absolute Gasteiger partial charge is 0.236 e. The molecule has 0 spiro atoms. The summed E-state index contributed by atoms with van der Waals surface area (Å²) in [5.74, 6) is 0.255. The van der Waals surface area contributed by atoms with Gasteiger partial charge < -0.3 is 10.2 Å². The predicted octanol–water partition coefficient (Wildman–Crippen LogP) is 2.80. The van der Waals surface area contributed by atoms with Gasteiger partial charge in [0.25, 0.3) is 0 Å². The number of rotatable bonds is 4. The van der Waals surface area contributed by atoms with Crippen LogP contribution < -0.4 is 5.32 Å². The van der Waals surface area contributed by atoms with Crippen LogP contribution in [-0.4, -0.2) is 36.0 Å². The number of likely N-dealkylation sites (tertiary alicyclic amines) is 1. The SMILES string of the molecule is CCC1(CC)CCN(C(=O)CNC(C)(C)C)CC1. The molecule has 0 radical (unpaired) electrons. The second-order valence-electron chi connectivity index (χ2n) is 6.69. The molecule has 0 aromatic carbocycles. The second-order valence-corrected chi connectivity index (χ2v) is 6.69. The molecule has 0 aromatic heterocycles. The molecule has 0 aromatic rings. The Hall–Kier alpha value is -0.570. The molecule has 1 amide bonds. The van der Waals surface area contributed by atoms with E-state index in [0.717, 1.165) is 13.1 Å². The number of hydrogen-bond donors (Lipinski definition) is 1. The average molecular weight is 254 g/mol. The topological polar surface area (TPSA) is 32.3 Å². The minimum atomic E-state index is 0.0159. The van der Waals surface area contributed by atoms with Gasteiger partial charge in [-0.15, -0.1) is 0 Å². The van der Waals surface area contributed by atoms with E-state index >= 15 is 0 Å². The lowest BCUT2D eigenvalue weighted by atomic mass is 9.74. The summed E-state index contributed by atoms with van der Waals surface area (Å²) in [6.45, 7) is 13.2. The van der Waals surface area contributed by atoms with E-state index in [1.807, 2.05) is 4.90 Å². The number of carbonyl (C=O) groups is 1. The second kappa shape index (κ2) is 6.05. The van der Waals surface area contributed by atoms with Gasteiger partial charge in [0, 0.05) is 18.6 Å². The third-order valence-electron chi connectivity index (χ3n) is 4.45. The van der Waals surface area contributed by atoms with E-state index in [1.165, 1.54) is 25.7 Å². The summed E-state index contributed by atoms with van der Waals surface area (Å²) >= 11 is 0. The van der Waals surface area contributed by atoms with Crippen LogP contribution >= 0.6 is 0 Å². The standard InChI is InChI=1S/C15H30N2O/c1-6-15(7-2)8-10-17(11-9-15)13(18)12-16-14(3,4)5/h16H,6-12H2,1-5H3. The molecule has 1 aliphatic rings. The molecular formula is C15H30N2O. The number of piperidine rings is 1. The Morgan fingerprint density at radius 2 is 1.67 bits per heavy atom. The third kappa shape index (κ3) is 4.27. The Morgan fingerprint density at radius 3 is 2.06 bits per heavy atom. The Morgan fingerprint density at radius 1 is 1.17 bits per heavy atom. The minimum absolute atomic E-state index is 0.0159. The Balaban J connectivity index is 2.41. The van der Waals surface area contributed by atoms with Gasteiger partial charge in [0.15, 0.2) is 0 Å². The molecule has 0 saturated carbocycles. The van der Waals surface area contributed by atoms with E-state index in [2.05, 4.69) is 39.9 Å². The van der Waals surface area contributed by atoms with E-state index in [-0.39, 0.29) is 11.4 Å².